The zero-order valence-electron chi connectivity index (χ0n) is 16.4. The number of aryl methyl sites for hydroxylation is 2. The van der Waals surface area contributed by atoms with Crippen LogP contribution in [0.25, 0.3) is 16.9 Å². The molecule has 29 heavy (non-hydrogen) atoms. The lowest BCUT2D eigenvalue weighted by Crippen LogP contribution is -2.14. The van der Waals surface area contributed by atoms with Crippen LogP contribution in [-0.2, 0) is 10.0 Å². The fourth-order valence-electron chi connectivity index (χ4n) is 3.17. The second-order valence-corrected chi connectivity index (χ2v) is 8.59. The van der Waals surface area contributed by atoms with E-state index in [4.69, 9.17) is 4.74 Å². The molecule has 0 aliphatic heterocycles. The molecule has 0 radical (unpaired) electrons. The van der Waals surface area contributed by atoms with E-state index in [1.54, 1.807) is 30.3 Å². The largest absolute Gasteiger partial charge is 0.495 e. The second-order valence-electron chi connectivity index (χ2n) is 6.94. The normalized spacial score (nSPS) is 11.6. The van der Waals surface area contributed by atoms with Crippen LogP contribution in [0.5, 0.6) is 5.75 Å². The highest BCUT2D eigenvalue weighted by Gasteiger charge is 2.20. The highest BCUT2D eigenvalue weighted by atomic mass is 32.2. The molecule has 1 N–H and O–H groups in total. The maximum Gasteiger partial charge on any atom is 0.265 e. The molecule has 0 fully saturated rings. The zero-order chi connectivity index (χ0) is 20.6. The summed E-state index contributed by atoms with van der Waals surface area (Å²) in [5.74, 6) is 0.301. The lowest BCUT2D eigenvalue weighted by atomic mass is 10.1. The molecule has 2 aromatic carbocycles. The van der Waals surface area contributed by atoms with E-state index < -0.39 is 10.0 Å². The first-order valence-electron chi connectivity index (χ1n) is 9.09. The summed E-state index contributed by atoms with van der Waals surface area (Å²) < 4.78 is 35.7. The first-order chi connectivity index (χ1) is 13.9. The number of rotatable bonds is 5. The number of fused-ring (bicyclic) bond motifs is 1. The van der Waals surface area contributed by atoms with Gasteiger partial charge in [0, 0.05) is 23.6 Å². The number of aromatic nitrogens is 2. The van der Waals surface area contributed by atoms with Gasteiger partial charge in [0.2, 0.25) is 0 Å². The Morgan fingerprint density at radius 3 is 2.59 bits per heavy atom. The number of nitrogens with one attached hydrogen (secondary N) is 1. The summed E-state index contributed by atoms with van der Waals surface area (Å²) in [4.78, 5) is 4.75. The van der Waals surface area contributed by atoms with Crippen molar-refractivity contribution in [2.45, 2.75) is 18.7 Å². The number of anilines is 1. The molecule has 2 aromatic heterocycles. The average Bonchev–Trinajstić information content (AvgIpc) is 3.11. The minimum absolute atomic E-state index is 0.105. The maximum absolute atomic E-state index is 12.9. The minimum atomic E-state index is -3.81. The van der Waals surface area contributed by atoms with Crippen LogP contribution in [-0.4, -0.2) is 24.9 Å². The Labute approximate surface area is 169 Å². The monoisotopic (exact) mass is 407 g/mol. The predicted octanol–water partition coefficient (Wildman–Crippen LogP) is 4.43. The molecule has 4 aromatic rings. The fraction of sp³-hybridized carbons (Fsp3) is 0.136. The van der Waals surface area contributed by atoms with Gasteiger partial charge in [0.1, 0.15) is 16.3 Å². The standard InChI is InChI=1S/C22H21N3O3S/c1-15-7-8-20(28-3)21(11-15)29(26,27)24-18-6-4-5-17(13-18)19-14-25-10-9-16(2)12-22(25)23-19/h4-14,24H,1-3H3. The van der Waals surface area contributed by atoms with Crippen LogP contribution < -0.4 is 9.46 Å². The van der Waals surface area contributed by atoms with Crippen LogP contribution in [0.4, 0.5) is 5.69 Å². The van der Waals surface area contributed by atoms with Gasteiger partial charge in [-0.25, -0.2) is 13.4 Å². The third-order valence-electron chi connectivity index (χ3n) is 4.63. The molecule has 0 saturated heterocycles. The highest BCUT2D eigenvalue weighted by molar-refractivity contribution is 7.92. The molecule has 0 amide bonds. The Kier molecular flexibility index (Phi) is 4.76. The molecule has 7 heteroatoms. The van der Waals surface area contributed by atoms with Crippen LogP contribution in [0.3, 0.4) is 0 Å². The van der Waals surface area contributed by atoms with Gasteiger partial charge >= 0.3 is 0 Å². The summed E-state index contributed by atoms with van der Waals surface area (Å²) in [6, 6.07) is 16.3. The highest BCUT2D eigenvalue weighted by Crippen LogP contribution is 2.28. The van der Waals surface area contributed by atoms with Crippen LogP contribution in [0.1, 0.15) is 11.1 Å². The minimum Gasteiger partial charge on any atom is -0.495 e. The summed E-state index contributed by atoms with van der Waals surface area (Å²) in [5.41, 5.74) is 4.85. The molecular weight excluding hydrogens is 386 g/mol. The van der Waals surface area contributed by atoms with Gasteiger partial charge in [0.15, 0.2) is 0 Å². The molecular formula is C22H21N3O3S. The molecule has 2 heterocycles. The van der Waals surface area contributed by atoms with Crippen molar-refractivity contribution >= 4 is 21.4 Å². The quantitative estimate of drug-likeness (QED) is 0.531. The number of pyridine rings is 1. The predicted molar refractivity (Wildman–Crippen MR) is 114 cm³/mol. The molecule has 4 rings (SSSR count). The van der Waals surface area contributed by atoms with Crippen LogP contribution in [0.2, 0.25) is 0 Å². The number of imidazole rings is 1. The second kappa shape index (κ2) is 7.25. The van der Waals surface area contributed by atoms with Crippen molar-refractivity contribution < 1.29 is 13.2 Å². The molecule has 0 saturated carbocycles. The lowest BCUT2D eigenvalue weighted by molar-refractivity contribution is 0.402. The fourth-order valence-corrected chi connectivity index (χ4v) is 4.47. The molecule has 0 bridgehead atoms. The van der Waals surface area contributed by atoms with Crippen molar-refractivity contribution in [1.82, 2.24) is 9.38 Å². The van der Waals surface area contributed by atoms with E-state index in [0.717, 1.165) is 28.0 Å². The van der Waals surface area contributed by atoms with Crippen molar-refractivity contribution in [3.05, 3.63) is 78.1 Å². The van der Waals surface area contributed by atoms with E-state index in [1.807, 2.05) is 54.9 Å². The van der Waals surface area contributed by atoms with E-state index in [1.165, 1.54) is 7.11 Å². The Bertz CT molecular complexity index is 1310. The smallest absolute Gasteiger partial charge is 0.265 e. The third kappa shape index (κ3) is 3.82. The van der Waals surface area contributed by atoms with Gasteiger partial charge in [-0.2, -0.15) is 0 Å². The van der Waals surface area contributed by atoms with Gasteiger partial charge < -0.3 is 9.14 Å². The Morgan fingerprint density at radius 1 is 1.00 bits per heavy atom. The van der Waals surface area contributed by atoms with Crippen molar-refractivity contribution in [3.63, 3.8) is 0 Å². The van der Waals surface area contributed by atoms with Crippen LogP contribution in [0, 0.1) is 13.8 Å². The van der Waals surface area contributed by atoms with Gasteiger partial charge in [0.05, 0.1) is 12.8 Å². The average molecular weight is 407 g/mol. The van der Waals surface area contributed by atoms with Crippen LogP contribution >= 0.6 is 0 Å². The lowest BCUT2D eigenvalue weighted by Gasteiger charge is -2.13. The molecule has 0 aliphatic rings. The van der Waals surface area contributed by atoms with Crippen molar-refractivity contribution in [2.75, 3.05) is 11.8 Å². The Hall–Kier alpha value is -3.32. The van der Waals surface area contributed by atoms with Crippen molar-refractivity contribution in [3.8, 4) is 17.0 Å². The Morgan fingerprint density at radius 2 is 1.79 bits per heavy atom. The Balaban J connectivity index is 1.69. The zero-order valence-corrected chi connectivity index (χ0v) is 17.2. The van der Waals surface area contributed by atoms with E-state index in [0.29, 0.717) is 11.4 Å². The van der Waals surface area contributed by atoms with Crippen molar-refractivity contribution in [2.24, 2.45) is 0 Å². The molecule has 0 spiro atoms. The molecule has 148 valence electrons. The topological polar surface area (TPSA) is 72.7 Å². The van der Waals surface area contributed by atoms with Crippen molar-refractivity contribution in [1.29, 1.82) is 0 Å². The first kappa shape index (κ1) is 19.0. The van der Waals surface area contributed by atoms with Gasteiger partial charge in [-0.15, -0.1) is 0 Å². The summed E-state index contributed by atoms with van der Waals surface area (Å²) in [6.07, 6.45) is 3.88. The van der Waals surface area contributed by atoms with E-state index in [9.17, 15) is 8.42 Å². The summed E-state index contributed by atoms with van der Waals surface area (Å²) in [6.45, 7) is 3.85. The molecule has 0 aliphatic carbocycles. The third-order valence-corrected chi connectivity index (χ3v) is 6.04. The van der Waals surface area contributed by atoms with E-state index in [-0.39, 0.29) is 4.90 Å². The number of ether oxygens (including phenoxy) is 1. The van der Waals surface area contributed by atoms with Gasteiger partial charge in [-0.3, -0.25) is 4.72 Å². The molecule has 0 atom stereocenters. The SMILES string of the molecule is COc1ccc(C)cc1S(=O)(=O)Nc1cccc(-c2cn3ccc(C)cc3n2)c1. The summed E-state index contributed by atoms with van der Waals surface area (Å²) in [7, 11) is -2.35. The number of sulfonamides is 1. The maximum atomic E-state index is 12.9. The number of benzene rings is 2. The summed E-state index contributed by atoms with van der Waals surface area (Å²) >= 11 is 0. The number of nitrogens with zero attached hydrogens (tertiary/aromatic N) is 2. The molecule has 0 unspecified atom stereocenters. The number of methoxy groups -OCH3 is 1. The summed E-state index contributed by atoms with van der Waals surface area (Å²) in [5, 5.41) is 0. The van der Waals surface area contributed by atoms with Crippen LogP contribution in [0.15, 0.2) is 71.9 Å². The number of hydrogen-bond donors (Lipinski definition) is 1. The first-order valence-corrected chi connectivity index (χ1v) is 10.6. The van der Waals surface area contributed by atoms with Gasteiger partial charge in [0.25, 0.3) is 10.0 Å². The molecule has 6 nitrogen and oxygen atoms in total. The van der Waals surface area contributed by atoms with E-state index >= 15 is 0 Å². The van der Waals surface area contributed by atoms with Gasteiger partial charge in [-0.1, -0.05) is 18.2 Å². The van der Waals surface area contributed by atoms with E-state index in [2.05, 4.69) is 9.71 Å². The number of hydrogen-bond acceptors (Lipinski definition) is 4. The van der Waals surface area contributed by atoms with Gasteiger partial charge in [-0.05, 0) is 61.4 Å².